The first-order chi connectivity index (χ1) is 18.4. The van der Waals surface area contributed by atoms with Crippen molar-refractivity contribution in [1.82, 2.24) is 14.7 Å². The fraction of sp³-hybridized carbons (Fsp3) is 0.360. The van der Waals surface area contributed by atoms with Crippen molar-refractivity contribution in [3.05, 3.63) is 70.8 Å². The lowest BCUT2D eigenvalue weighted by atomic mass is 10.1. The van der Waals surface area contributed by atoms with Gasteiger partial charge in [0.1, 0.15) is 11.4 Å². The van der Waals surface area contributed by atoms with Crippen LogP contribution in [0.15, 0.2) is 47.5 Å². The van der Waals surface area contributed by atoms with Crippen molar-refractivity contribution in [2.24, 2.45) is 0 Å². The van der Waals surface area contributed by atoms with Crippen LogP contribution in [-0.4, -0.2) is 46.5 Å². The molecule has 15 heteroatoms. The number of carbonyl (C=O) groups is 1. The number of halogens is 7. The Kier molecular flexibility index (Phi) is 7.41. The fourth-order valence-corrected chi connectivity index (χ4v) is 5.08. The maximum atomic E-state index is 14.6. The average molecular weight is 594 g/mol. The second kappa shape index (κ2) is 10.1. The van der Waals surface area contributed by atoms with E-state index in [0.29, 0.717) is 11.6 Å². The van der Waals surface area contributed by atoms with Crippen LogP contribution >= 0.6 is 0 Å². The van der Waals surface area contributed by atoms with Crippen molar-refractivity contribution < 1.29 is 48.7 Å². The number of fused-ring (bicyclic) bond motifs is 1. The summed E-state index contributed by atoms with van der Waals surface area (Å²) in [5.74, 6) is -2.88. The van der Waals surface area contributed by atoms with Gasteiger partial charge in [-0.3, -0.25) is 4.79 Å². The highest BCUT2D eigenvalue weighted by Crippen LogP contribution is 2.35. The zero-order valence-corrected chi connectivity index (χ0v) is 22.0. The van der Waals surface area contributed by atoms with Crippen molar-refractivity contribution in [3.8, 4) is 11.4 Å². The Morgan fingerprint density at radius 3 is 2.27 bits per heavy atom. The van der Waals surface area contributed by atoms with E-state index in [-0.39, 0.29) is 23.7 Å². The third kappa shape index (κ3) is 5.51. The van der Waals surface area contributed by atoms with Crippen LogP contribution in [0.2, 0.25) is 0 Å². The third-order valence-electron chi connectivity index (χ3n) is 6.29. The molecule has 0 N–H and O–H groups in total. The van der Waals surface area contributed by atoms with Crippen LogP contribution in [0.25, 0.3) is 5.69 Å². The maximum absolute atomic E-state index is 14.6. The van der Waals surface area contributed by atoms with Crippen molar-refractivity contribution in [3.63, 3.8) is 0 Å². The maximum Gasteiger partial charge on any atom is 0.425 e. The number of ether oxygens (including phenoxy) is 1. The number of aromatic nitrogens is 2. The highest BCUT2D eigenvalue weighted by atomic mass is 32.2. The largest absolute Gasteiger partial charge is 0.480 e. The lowest BCUT2D eigenvalue weighted by molar-refractivity contribution is -0.189. The lowest BCUT2D eigenvalue weighted by Crippen LogP contribution is -2.33. The summed E-state index contributed by atoms with van der Waals surface area (Å²) in [6.45, 7) is 3.13. The van der Waals surface area contributed by atoms with E-state index in [9.17, 15) is 43.9 Å². The molecule has 0 fully saturated rings. The number of carbonyl (C=O) groups excluding carboxylic acids is 1. The van der Waals surface area contributed by atoms with Gasteiger partial charge >= 0.3 is 12.4 Å². The van der Waals surface area contributed by atoms with Crippen molar-refractivity contribution >= 4 is 15.7 Å². The van der Waals surface area contributed by atoms with E-state index in [1.807, 2.05) is 0 Å². The molecule has 1 aliphatic rings. The molecule has 1 aliphatic heterocycles. The molecule has 4 rings (SSSR count). The molecule has 1 atom stereocenters. The summed E-state index contributed by atoms with van der Waals surface area (Å²) in [7, 11) is -3.91. The normalized spacial score (nSPS) is 14.9. The summed E-state index contributed by atoms with van der Waals surface area (Å²) in [6.07, 6.45) is -10.8. The number of rotatable bonds is 6. The van der Waals surface area contributed by atoms with Gasteiger partial charge in [-0.15, -0.1) is 0 Å². The van der Waals surface area contributed by atoms with Crippen LogP contribution < -0.4 is 4.74 Å². The number of sulfone groups is 1. The van der Waals surface area contributed by atoms with Crippen LogP contribution in [0.4, 0.5) is 30.7 Å². The Morgan fingerprint density at radius 1 is 1.02 bits per heavy atom. The number of benzene rings is 2. The van der Waals surface area contributed by atoms with Crippen molar-refractivity contribution in [1.29, 1.82) is 0 Å². The summed E-state index contributed by atoms with van der Waals surface area (Å²) in [5, 5.41) is 3.21. The van der Waals surface area contributed by atoms with Crippen LogP contribution in [0.5, 0.6) is 5.75 Å². The molecule has 7 nitrogen and oxygen atoms in total. The molecule has 2 aromatic carbocycles. The average Bonchev–Trinajstić information content (AvgIpc) is 3.42. The van der Waals surface area contributed by atoms with E-state index >= 15 is 0 Å². The van der Waals surface area contributed by atoms with Gasteiger partial charge in [0.15, 0.2) is 21.8 Å². The second-order valence-corrected chi connectivity index (χ2v) is 11.9. The molecular formula is C25H22F7N3O4S. The van der Waals surface area contributed by atoms with Gasteiger partial charge < -0.3 is 9.64 Å². The van der Waals surface area contributed by atoms with Gasteiger partial charge in [-0.1, -0.05) is 6.07 Å². The molecule has 0 saturated heterocycles. The first-order valence-corrected chi connectivity index (χ1v) is 13.3. The molecule has 3 aromatic rings. The van der Waals surface area contributed by atoms with Gasteiger partial charge in [0, 0.05) is 18.3 Å². The Morgan fingerprint density at radius 2 is 1.70 bits per heavy atom. The van der Waals surface area contributed by atoms with Crippen molar-refractivity contribution in [2.45, 2.75) is 62.5 Å². The lowest BCUT2D eigenvalue weighted by Gasteiger charge is -2.22. The highest BCUT2D eigenvalue weighted by Gasteiger charge is 2.40. The minimum atomic E-state index is -4.93. The Hall–Kier alpha value is -3.62. The van der Waals surface area contributed by atoms with Crippen LogP contribution in [0, 0.1) is 5.82 Å². The van der Waals surface area contributed by atoms with E-state index in [2.05, 4.69) is 5.10 Å². The number of amides is 1. The topological polar surface area (TPSA) is 81.5 Å². The molecular weight excluding hydrogens is 571 g/mol. The van der Waals surface area contributed by atoms with Gasteiger partial charge in [0.25, 0.3) is 5.91 Å². The molecule has 0 bridgehead atoms. The molecule has 0 radical (unpaired) electrons. The molecule has 0 aliphatic carbocycles. The van der Waals surface area contributed by atoms with Crippen LogP contribution in [0.3, 0.4) is 0 Å². The number of alkyl halides is 6. The zero-order chi connectivity index (χ0) is 29.8. The second-order valence-electron chi connectivity index (χ2n) is 9.40. The number of hydrogen-bond acceptors (Lipinski definition) is 5. The Balaban J connectivity index is 1.66. The van der Waals surface area contributed by atoms with E-state index in [4.69, 9.17) is 4.74 Å². The minimum absolute atomic E-state index is 0.176. The van der Waals surface area contributed by atoms with Crippen molar-refractivity contribution in [2.75, 3.05) is 0 Å². The predicted molar refractivity (Wildman–Crippen MR) is 127 cm³/mol. The quantitative estimate of drug-likeness (QED) is 0.343. The van der Waals surface area contributed by atoms with Gasteiger partial charge in [-0.25, -0.2) is 17.5 Å². The van der Waals surface area contributed by atoms with Gasteiger partial charge in [-0.2, -0.15) is 31.4 Å². The minimum Gasteiger partial charge on any atom is -0.480 e. The first-order valence-electron chi connectivity index (χ1n) is 11.8. The Bertz CT molecular complexity index is 1540. The molecule has 0 saturated carbocycles. The SMILES string of the molecule is CC(C)S(=O)(=O)c1ccc(O[C@@H](C)C(F)(F)F)c(C(=O)N2Cc3cn(-c4cccc(C(F)(F)F)c4F)nc3C2)c1. The zero-order valence-electron chi connectivity index (χ0n) is 21.1. The first kappa shape index (κ1) is 29.4. The van der Waals surface area contributed by atoms with E-state index < -0.39 is 67.8 Å². The molecule has 216 valence electrons. The standard InChI is InChI=1S/C25H22F7N3O4S/c1-13(2)40(37,38)16-7-8-21(39-14(3)24(27,28)29)17(9-16)23(36)34-10-15-11-35(33-19(15)12-34)20-6-4-5-18(22(20)26)25(30,31)32/h4-9,11,13-14H,10,12H2,1-3H3/t14-/m0/s1. The molecule has 40 heavy (non-hydrogen) atoms. The Labute approximate surface area is 224 Å². The van der Waals surface area contributed by atoms with Gasteiger partial charge in [0.2, 0.25) is 0 Å². The number of hydrogen-bond donors (Lipinski definition) is 0. The summed E-state index contributed by atoms with van der Waals surface area (Å²) in [4.78, 5) is 14.3. The third-order valence-corrected chi connectivity index (χ3v) is 8.44. The molecule has 1 aromatic heterocycles. The van der Waals surface area contributed by atoms with E-state index in [0.717, 1.165) is 46.8 Å². The van der Waals surface area contributed by atoms with Gasteiger partial charge in [-0.05, 0) is 51.1 Å². The van der Waals surface area contributed by atoms with Gasteiger partial charge in [0.05, 0.1) is 33.5 Å². The smallest absolute Gasteiger partial charge is 0.425 e. The van der Waals surface area contributed by atoms with E-state index in [1.165, 1.54) is 20.0 Å². The molecule has 1 amide bonds. The highest BCUT2D eigenvalue weighted by molar-refractivity contribution is 7.92. The molecule has 0 spiro atoms. The van der Waals surface area contributed by atoms with Crippen LogP contribution in [0.1, 0.15) is 48.0 Å². The monoisotopic (exact) mass is 593 g/mol. The fourth-order valence-electron chi connectivity index (χ4n) is 3.99. The number of nitrogens with zero attached hydrogens (tertiary/aromatic N) is 3. The van der Waals surface area contributed by atoms with E-state index in [1.54, 1.807) is 0 Å². The summed E-state index contributed by atoms with van der Waals surface area (Å²) in [6, 6.07) is 5.69. The predicted octanol–water partition coefficient (Wildman–Crippen LogP) is 5.70. The van der Waals surface area contributed by atoms with Crippen LogP contribution in [-0.2, 0) is 29.1 Å². The molecule has 2 heterocycles. The molecule has 0 unspecified atom stereocenters. The summed E-state index contributed by atoms with van der Waals surface area (Å²) < 4.78 is 125. The summed E-state index contributed by atoms with van der Waals surface area (Å²) >= 11 is 0. The summed E-state index contributed by atoms with van der Waals surface area (Å²) in [5.41, 5.74) is -1.82.